The van der Waals surface area contributed by atoms with Crippen molar-refractivity contribution in [2.45, 2.75) is 33.1 Å². The fraction of sp³-hybridized carbons (Fsp3) is 0.333. The number of hydrogen-bond donors (Lipinski definition) is 2. The lowest BCUT2D eigenvalue weighted by Crippen LogP contribution is -2.36. The Hall–Kier alpha value is -3.36. The van der Waals surface area contributed by atoms with Crippen LogP contribution in [0.15, 0.2) is 42.5 Å². The van der Waals surface area contributed by atoms with Crippen molar-refractivity contribution in [1.29, 1.82) is 0 Å². The molecule has 162 valence electrons. The van der Waals surface area contributed by atoms with Crippen molar-refractivity contribution in [3.63, 3.8) is 0 Å². The highest BCUT2D eigenvalue weighted by Crippen LogP contribution is 2.29. The van der Waals surface area contributed by atoms with E-state index < -0.39 is 18.4 Å². The molecule has 2 rings (SSSR count). The zero-order valence-corrected chi connectivity index (χ0v) is 16.9. The Morgan fingerprint density at radius 3 is 2.37 bits per heavy atom. The Labute approximate surface area is 173 Å². The highest BCUT2D eigenvalue weighted by atomic mass is 19.3. The average Bonchev–Trinajstić information content (AvgIpc) is 2.70. The van der Waals surface area contributed by atoms with Crippen LogP contribution in [0.3, 0.4) is 0 Å². The molecule has 0 saturated heterocycles. The summed E-state index contributed by atoms with van der Waals surface area (Å²) in [6.07, 6.45) is -0.00406. The number of alkyl halides is 2. The summed E-state index contributed by atoms with van der Waals surface area (Å²) in [4.78, 5) is 24.3. The molecule has 0 spiro atoms. The summed E-state index contributed by atoms with van der Waals surface area (Å²) >= 11 is 0. The Kier molecular flexibility index (Phi) is 8.40. The molecule has 2 amide bonds. The highest BCUT2D eigenvalue weighted by molar-refractivity contribution is 5.97. The summed E-state index contributed by atoms with van der Waals surface area (Å²) in [6.45, 7) is 0.783. The van der Waals surface area contributed by atoms with Crippen LogP contribution in [0.5, 0.6) is 17.2 Å². The molecular formula is C21H24F2N2O5. The monoisotopic (exact) mass is 422 g/mol. The first-order chi connectivity index (χ1) is 14.3. The summed E-state index contributed by atoms with van der Waals surface area (Å²) in [5.74, 6) is -0.490. The second-order valence-corrected chi connectivity index (χ2v) is 6.48. The molecule has 2 aromatic rings. The van der Waals surface area contributed by atoms with Crippen molar-refractivity contribution in [3.05, 3.63) is 53.6 Å². The number of methoxy groups -OCH3 is 1. The standard InChI is InChI=1S/C21H24F2N2O5/c1-13(2)29-16-7-5-4-6-15(16)11-24-19(26)12-25-20(27)14-8-9-17(30-21(22)23)18(10-14)28-3/h4-10,13,21H,11-12H2,1-3H3,(H,24,26)(H,25,27). The molecule has 0 aromatic heterocycles. The second kappa shape index (κ2) is 11.0. The zero-order valence-electron chi connectivity index (χ0n) is 16.9. The Bertz CT molecular complexity index is 874. The molecule has 0 aliphatic heterocycles. The fourth-order valence-corrected chi connectivity index (χ4v) is 2.54. The molecule has 0 bridgehead atoms. The number of benzene rings is 2. The lowest BCUT2D eigenvalue weighted by molar-refractivity contribution is -0.120. The number of carbonyl (C=O) groups excluding carboxylic acids is 2. The molecule has 0 heterocycles. The minimum Gasteiger partial charge on any atom is -0.493 e. The lowest BCUT2D eigenvalue weighted by Gasteiger charge is -2.15. The van der Waals surface area contributed by atoms with E-state index in [1.54, 1.807) is 0 Å². The van der Waals surface area contributed by atoms with E-state index in [9.17, 15) is 18.4 Å². The van der Waals surface area contributed by atoms with Crippen LogP contribution < -0.4 is 24.8 Å². The summed E-state index contributed by atoms with van der Waals surface area (Å²) in [5, 5.41) is 5.18. The third-order valence-corrected chi connectivity index (χ3v) is 3.86. The number of rotatable bonds is 10. The van der Waals surface area contributed by atoms with Crippen LogP contribution in [-0.4, -0.2) is 38.2 Å². The van der Waals surface area contributed by atoms with Crippen molar-refractivity contribution in [2.75, 3.05) is 13.7 Å². The molecule has 0 atom stereocenters. The van der Waals surface area contributed by atoms with E-state index in [4.69, 9.17) is 9.47 Å². The van der Waals surface area contributed by atoms with Crippen LogP contribution in [0.2, 0.25) is 0 Å². The molecule has 0 fully saturated rings. The number of halogens is 2. The quantitative estimate of drug-likeness (QED) is 0.615. The van der Waals surface area contributed by atoms with Crippen LogP contribution in [-0.2, 0) is 11.3 Å². The third-order valence-electron chi connectivity index (χ3n) is 3.86. The van der Waals surface area contributed by atoms with Gasteiger partial charge in [-0.3, -0.25) is 9.59 Å². The van der Waals surface area contributed by atoms with Crippen LogP contribution in [0, 0.1) is 0 Å². The molecule has 0 aliphatic carbocycles. The van der Waals surface area contributed by atoms with Crippen molar-refractivity contribution in [3.8, 4) is 17.2 Å². The number of amides is 2. The van der Waals surface area contributed by atoms with Crippen molar-refractivity contribution >= 4 is 11.8 Å². The van der Waals surface area contributed by atoms with E-state index in [2.05, 4.69) is 15.4 Å². The Morgan fingerprint density at radius 1 is 0.967 bits per heavy atom. The van der Waals surface area contributed by atoms with Gasteiger partial charge in [0.05, 0.1) is 19.8 Å². The molecule has 2 N–H and O–H groups in total. The smallest absolute Gasteiger partial charge is 0.387 e. The number of para-hydroxylation sites is 1. The maximum atomic E-state index is 12.4. The average molecular weight is 422 g/mol. The maximum absolute atomic E-state index is 12.4. The van der Waals surface area contributed by atoms with Gasteiger partial charge in [0.1, 0.15) is 5.75 Å². The molecule has 30 heavy (non-hydrogen) atoms. The largest absolute Gasteiger partial charge is 0.493 e. The Balaban J connectivity index is 1.90. The zero-order chi connectivity index (χ0) is 22.1. The molecule has 0 radical (unpaired) electrons. The number of ether oxygens (including phenoxy) is 3. The number of hydrogen-bond acceptors (Lipinski definition) is 5. The van der Waals surface area contributed by atoms with Crippen LogP contribution in [0.4, 0.5) is 8.78 Å². The van der Waals surface area contributed by atoms with Gasteiger partial charge in [0.2, 0.25) is 5.91 Å². The first-order valence-corrected chi connectivity index (χ1v) is 9.22. The topological polar surface area (TPSA) is 85.9 Å². The summed E-state index contributed by atoms with van der Waals surface area (Å²) < 4.78 is 39.7. The molecule has 0 aliphatic rings. The van der Waals surface area contributed by atoms with E-state index in [-0.39, 0.29) is 36.3 Å². The molecular weight excluding hydrogens is 398 g/mol. The van der Waals surface area contributed by atoms with Gasteiger partial charge in [0.25, 0.3) is 5.91 Å². The summed E-state index contributed by atoms with van der Waals surface area (Å²) in [6, 6.07) is 11.1. The predicted molar refractivity (Wildman–Crippen MR) is 106 cm³/mol. The Morgan fingerprint density at radius 2 is 1.70 bits per heavy atom. The van der Waals surface area contributed by atoms with Crippen LogP contribution in [0.1, 0.15) is 29.8 Å². The van der Waals surface area contributed by atoms with Gasteiger partial charge in [0.15, 0.2) is 11.5 Å². The first kappa shape index (κ1) is 22.9. The molecule has 2 aromatic carbocycles. The summed E-state index contributed by atoms with van der Waals surface area (Å²) in [7, 11) is 1.27. The highest BCUT2D eigenvalue weighted by Gasteiger charge is 2.15. The fourth-order valence-electron chi connectivity index (χ4n) is 2.54. The van der Waals surface area contributed by atoms with E-state index in [0.29, 0.717) is 5.75 Å². The van der Waals surface area contributed by atoms with Crippen molar-refractivity contribution in [2.24, 2.45) is 0 Å². The van der Waals surface area contributed by atoms with E-state index >= 15 is 0 Å². The van der Waals surface area contributed by atoms with Gasteiger partial charge in [-0.15, -0.1) is 0 Å². The minimum absolute atomic E-state index is 0.00406. The van der Waals surface area contributed by atoms with Gasteiger partial charge in [0, 0.05) is 17.7 Å². The van der Waals surface area contributed by atoms with Gasteiger partial charge < -0.3 is 24.8 Å². The van der Waals surface area contributed by atoms with E-state index in [0.717, 1.165) is 5.56 Å². The molecule has 7 nitrogen and oxygen atoms in total. The first-order valence-electron chi connectivity index (χ1n) is 9.22. The van der Waals surface area contributed by atoms with Gasteiger partial charge >= 0.3 is 6.61 Å². The SMILES string of the molecule is COc1cc(C(=O)NCC(=O)NCc2ccccc2OC(C)C)ccc1OC(F)F. The van der Waals surface area contributed by atoms with Gasteiger partial charge in [-0.2, -0.15) is 8.78 Å². The van der Waals surface area contributed by atoms with Crippen molar-refractivity contribution in [1.82, 2.24) is 10.6 Å². The van der Waals surface area contributed by atoms with Crippen molar-refractivity contribution < 1.29 is 32.6 Å². The molecule has 0 unspecified atom stereocenters. The number of carbonyl (C=O) groups is 2. The number of nitrogens with one attached hydrogen (secondary N) is 2. The van der Waals surface area contributed by atoms with Gasteiger partial charge in [-0.05, 0) is 38.1 Å². The third kappa shape index (κ3) is 6.91. The molecule has 0 saturated carbocycles. The predicted octanol–water partition coefficient (Wildman–Crippen LogP) is 3.13. The second-order valence-electron chi connectivity index (χ2n) is 6.48. The van der Waals surface area contributed by atoms with E-state index in [1.165, 1.54) is 25.3 Å². The van der Waals surface area contributed by atoms with Crippen LogP contribution >= 0.6 is 0 Å². The molecule has 9 heteroatoms. The van der Waals surface area contributed by atoms with Gasteiger partial charge in [-0.1, -0.05) is 18.2 Å². The van der Waals surface area contributed by atoms with Gasteiger partial charge in [-0.25, -0.2) is 0 Å². The van der Waals surface area contributed by atoms with Crippen LogP contribution in [0.25, 0.3) is 0 Å². The maximum Gasteiger partial charge on any atom is 0.387 e. The minimum atomic E-state index is -3.02. The normalized spacial score (nSPS) is 10.6. The summed E-state index contributed by atoms with van der Waals surface area (Å²) in [5.41, 5.74) is 0.946. The van der Waals surface area contributed by atoms with E-state index in [1.807, 2.05) is 38.1 Å². The lowest BCUT2D eigenvalue weighted by atomic mass is 10.2.